The van der Waals surface area contributed by atoms with Crippen molar-refractivity contribution in [1.82, 2.24) is 10.2 Å². The zero-order chi connectivity index (χ0) is 11.4. The van der Waals surface area contributed by atoms with Crippen LogP contribution >= 0.6 is 0 Å². The Kier molecular flexibility index (Phi) is 3.71. The van der Waals surface area contributed by atoms with E-state index in [1.807, 2.05) is 25.7 Å². The van der Waals surface area contributed by atoms with Crippen LogP contribution in [0.1, 0.15) is 27.2 Å². The quantitative estimate of drug-likeness (QED) is 0.774. The van der Waals surface area contributed by atoms with Gasteiger partial charge in [-0.2, -0.15) is 5.10 Å². The van der Waals surface area contributed by atoms with Gasteiger partial charge in [-0.1, -0.05) is 0 Å². The summed E-state index contributed by atoms with van der Waals surface area (Å²) >= 11 is 0. The molecule has 1 heterocycles. The second-order valence-corrected chi connectivity index (χ2v) is 3.90. The first-order valence-electron chi connectivity index (χ1n) is 5.01. The Morgan fingerprint density at radius 2 is 2.27 bits per heavy atom. The molecule has 0 amide bonds. The predicted molar refractivity (Wildman–Crippen MR) is 57.9 cm³/mol. The number of hydrogen-bond donors (Lipinski definition) is 2. The molecule has 2 N–H and O–H groups in total. The molecule has 0 radical (unpaired) electrons. The molecule has 1 atom stereocenters. The van der Waals surface area contributed by atoms with E-state index in [1.165, 1.54) is 0 Å². The Balaban J connectivity index is 2.79. The molecule has 0 fully saturated rings. The molecule has 5 nitrogen and oxygen atoms in total. The molecular weight excluding hydrogens is 194 g/mol. The molecule has 0 aliphatic carbocycles. The van der Waals surface area contributed by atoms with Gasteiger partial charge in [0.25, 0.3) is 0 Å². The van der Waals surface area contributed by atoms with Crippen molar-refractivity contribution in [2.75, 3.05) is 4.90 Å². The normalized spacial score (nSPS) is 12.8. The first-order valence-corrected chi connectivity index (χ1v) is 5.01. The maximum atomic E-state index is 10.7. The zero-order valence-electron chi connectivity index (χ0n) is 9.27. The number of hydrogen-bond acceptors (Lipinski definition) is 3. The lowest BCUT2D eigenvalue weighted by Gasteiger charge is -2.32. The van der Waals surface area contributed by atoms with Crippen LogP contribution in [-0.4, -0.2) is 33.4 Å². The molecule has 0 aromatic carbocycles. The molecule has 84 valence electrons. The topological polar surface area (TPSA) is 69.2 Å². The fraction of sp³-hybridized carbons (Fsp3) is 0.600. The molecule has 0 spiro atoms. The van der Waals surface area contributed by atoms with Gasteiger partial charge in [0.05, 0.1) is 18.3 Å². The Morgan fingerprint density at radius 1 is 1.60 bits per heavy atom. The number of rotatable bonds is 5. The van der Waals surface area contributed by atoms with Crippen LogP contribution < -0.4 is 4.90 Å². The van der Waals surface area contributed by atoms with Crippen LogP contribution in [0.3, 0.4) is 0 Å². The SMILES string of the molecule is CC(C)N(c1cn[nH]c1)C(C)CC(=O)O. The lowest BCUT2D eigenvalue weighted by molar-refractivity contribution is -0.137. The van der Waals surface area contributed by atoms with Gasteiger partial charge in [0.15, 0.2) is 0 Å². The summed E-state index contributed by atoms with van der Waals surface area (Å²) in [4.78, 5) is 12.7. The van der Waals surface area contributed by atoms with Gasteiger partial charge >= 0.3 is 5.97 Å². The third-order valence-electron chi connectivity index (χ3n) is 2.28. The molecule has 0 saturated carbocycles. The first-order chi connectivity index (χ1) is 7.02. The lowest BCUT2D eigenvalue weighted by Crippen LogP contribution is -2.39. The second kappa shape index (κ2) is 4.82. The van der Waals surface area contributed by atoms with Crippen molar-refractivity contribution in [3.8, 4) is 0 Å². The average Bonchev–Trinajstić information content (AvgIpc) is 2.54. The number of carboxylic acids is 1. The Hall–Kier alpha value is -1.52. The molecule has 0 saturated heterocycles. The van der Waals surface area contributed by atoms with Gasteiger partial charge in [-0.25, -0.2) is 0 Å². The molecule has 1 unspecified atom stereocenters. The lowest BCUT2D eigenvalue weighted by atomic mass is 10.1. The molecule has 15 heavy (non-hydrogen) atoms. The summed E-state index contributed by atoms with van der Waals surface area (Å²) in [5.74, 6) is -0.781. The van der Waals surface area contributed by atoms with Crippen LogP contribution in [0.15, 0.2) is 12.4 Å². The van der Waals surface area contributed by atoms with Gasteiger partial charge in [0.1, 0.15) is 0 Å². The predicted octanol–water partition coefficient (Wildman–Crippen LogP) is 1.49. The molecule has 0 bridgehead atoms. The van der Waals surface area contributed by atoms with E-state index >= 15 is 0 Å². The highest BCUT2D eigenvalue weighted by Gasteiger charge is 2.20. The van der Waals surface area contributed by atoms with Crippen molar-refractivity contribution < 1.29 is 9.90 Å². The molecule has 0 aliphatic rings. The van der Waals surface area contributed by atoms with Crippen LogP contribution in [0.4, 0.5) is 5.69 Å². The summed E-state index contributed by atoms with van der Waals surface area (Å²) in [5, 5.41) is 15.4. The van der Waals surface area contributed by atoms with Crippen LogP contribution in [0.5, 0.6) is 0 Å². The van der Waals surface area contributed by atoms with Crippen molar-refractivity contribution in [1.29, 1.82) is 0 Å². The fourth-order valence-electron chi connectivity index (χ4n) is 1.80. The molecular formula is C10H17N3O2. The second-order valence-electron chi connectivity index (χ2n) is 3.90. The van der Waals surface area contributed by atoms with Gasteiger partial charge in [-0.15, -0.1) is 0 Å². The summed E-state index contributed by atoms with van der Waals surface area (Å²) < 4.78 is 0. The van der Waals surface area contributed by atoms with Gasteiger partial charge in [-0.05, 0) is 20.8 Å². The largest absolute Gasteiger partial charge is 0.481 e. The van der Waals surface area contributed by atoms with Crippen LogP contribution in [0.25, 0.3) is 0 Å². The highest BCUT2D eigenvalue weighted by atomic mass is 16.4. The molecule has 0 aliphatic heterocycles. The molecule has 1 rings (SSSR count). The maximum absolute atomic E-state index is 10.7. The van der Waals surface area contributed by atoms with E-state index in [-0.39, 0.29) is 18.5 Å². The number of anilines is 1. The summed E-state index contributed by atoms with van der Waals surface area (Å²) in [6.45, 7) is 5.97. The fourth-order valence-corrected chi connectivity index (χ4v) is 1.80. The van der Waals surface area contributed by atoms with Gasteiger partial charge in [0.2, 0.25) is 0 Å². The van der Waals surface area contributed by atoms with E-state index < -0.39 is 5.97 Å². The van der Waals surface area contributed by atoms with Gasteiger partial charge < -0.3 is 10.0 Å². The third kappa shape index (κ3) is 2.97. The van der Waals surface area contributed by atoms with Crippen molar-refractivity contribution in [2.45, 2.75) is 39.3 Å². The van der Waals surface area contributed by atoms with Crippen molar-refractivity contribution in [3.63, 3.8) is 0 Å². The van der Waals surface area contributed by atoms with Gasteiger partial charge in [0, 0.05) is 18.3 Å². The number of nitrogens with one attached hydrogen (secondary N) is 1. The standard InChI is InChI=1S/C10H17N3O2/c1-7(2)13(8(3)4-10(14)15)9-5-11-12-6-9/h5-8H,4H2,1-3H3,(H,11,12)(H,14,15). The van der Waals surface area contributed by atoms with Crippen molar-refractivity contribution >= 4 is 11.7 Å². The minimum atomic E-state index is -0.781. The number of aromatic nitrogens is 2. The summed E-state index contributed by atoms with van der Waals surface area (Å²) in [7, 11) is 0. The number of aliphatic carboxylic acids is 1. The van der Waals surface area contributed by atoms with Crippen molar-refractivity contribution in [3.05, 3.63) is 12.4 Å². The highest BCUT2D eigenvalue weighted by molar-refractivity contribution is 5.68. The molecule has 5 heteroatoms. The zero-order valence-corrected chi connectivity index (χ0v) is 9.27. The van der Waals surface area contributed by atoms with E-state index in [1.54, 1.807) is 12.4 Å². The minimum Gasteiger partial charge on any atom is -0.481 e. The monoisotopic (exact) mass is 211 g/mol. The van der Waals surface area contributed by atoms with Gasteiger partial charge in [-0.3, -0.25) is 9.89 Å². The maximum Gasteiger partial charge on any atom is 0.305 e. The van der Waals surface area contributed by atoms with E-state index in [9.17, 15) is 4.79 Å². The minimum absolute atomic E-state index is 0.0416. The smallest absolute Gasteiger partial charge is 0.305 e. The summed E-state index contributed by atoms with van der Waals surface area (Å²) in [5.41, 5.74) is 0.929. The third-order valence-corrected chi connectivity index (χ3v) is 2.28. The molecule has 1 aromatic heterocycles. The first kappa shape index (κ1) is 11.6. The number of aromatic amines is 1. The molecule has 1 aromatic rings. The van der Waals surface area contributed by atoms with Crippen LogP contribution in [-0.2, 0) is 4.79 Å². The number of carboxylic acid groups (broad SMARTS) is 1. The number of nitrogens with zero attached hydrogens (tertiary/aromatic N) is 2. The Bertz CT molecular complexity index is 308. The van der Waals surface area contributed by atoms with E-state index in [2.05, 4.69) is 10.2 Å². The van der Waals surface area contributed by atoms with Crippen LogP contribution in [0, 0.1) is 0 Å². The summed E-state index contributed by atoms with van der Waals surface area (Å²) in [6, 6.07) is 0.206. The Labute approximate surface area is 89.1 Å². The highest BCUT2D eigenvalue weighted by Crippen LogP contribution is 2.19. The average molecular weight is 211 g/mol. The Morgan fingerprint density at radius 3 is 2.67 bits per heavy atom. The van der Waals surface area contributed by atoms with Crippen LogP contribution in [0.2, 0.25) is 0 Å². The van der Waals surface area contributed by atoms with E-state index in [4.69, 9.17) is 5.11 Å². The summed E-state index contributed by atoms with van der Waals surface area (Å²) in [6.07, 6.45) is 3.61. The van der Waals surface area contributed by atoms with E-state index in [0.29, 0.717) is 0 Å². The van der Waals surface area contributed by atoms with Crippen molar-refractivity contribution in [2.24, 2.45) is 0 Å². The number of H-pyrrole nitrogens is 1. The van der Waals surface area contributed by atoms with E-state index in [0.717, 1.165) is 5.69 Å². The number of carbonyl (C=O) groups is 1.